The number of carbonyl (C=O) groups excluding carboxylic acids is 1. The van der Waals surface area contributed by atoms with Gasteiger partial charge in [0.15, 0.2) is 5.78 Å². The van der Waals surface area contributed by atoms with Crippen LogP contribution in [0, 0.1) is 0 Å². The molecule has 3 heterocycles. The summed E-state index contributed by atoms with van der Waals surface area (Å²) in [5, 5.41) is 13.3. The van der Waals surface area contributed by atoms with Crippen molar-refractivity contribution in [3.8, 4) is 5.82 Å². The molecule has 6 heteroatoms. The first-order valence-corrected chi connectivity index (χ1v) is 11.3. The predicted molar refractivity (Wildman–Crippen MR) is 133 cm³/mol. The number of aliphatic hydroxyl groups excluding tert-OH is 1. The number of aromatic nitrogens is 3. The van der Waals surface area contributed by atoms with Crippen molar-refractivity contribution in [3.05, 3.63) is 83.9 Å². The first kappa shape index (κ1) is 23.9. The standard InChI is InChI=1S/C23H18N3.C5H8O2.Ir/c1-3-9-17-15(7-1)13-25-23-21(17)19-11-5-6-12-20(19)26(23)22-18-10-4-2-8-16(18)14-24-22;1-4(6)3-5(2)7;/h1,3,5-7,9,11-14H,2,4,8,10H2;3,6H,1-2H3;/q-1;;/b;4-3-;. The van der Waals surface area contributed by atoms with Gasteiger partial charge in [-0.05, 0) is 72.8 Å². The number of ketones is 1. The normalized spacial score (nSPS) is 13.3. The summed E-state index contributed by atoms with van der Waals surface area (Å²) in [6, 6.07) is 17.1. The molecule has 3 aromatic heterocycles. The van der Waals surface area contributed by atoms with Crippen molar-refractivity contribution in [2.75, 3.05) is 0 Å². The van der Waals surface area contributed by atoms with Gasteiger partial charge in [-0.2, -0.15) is 0 Å². The van der Waals surface area contributed by atoms with E-state index in [9.17, 15) is 4.79 Å². The summed E-state index contributed by atoms with van der Waals surface area (Å²) in [6.45, 7) is 2.85. The predicted octanol–water partition coefficient (Wildman–Crippen LogP) is 6.20. The smallest absolute Gasteiger partial charge is 0.155 e. The van der Waals surface area contributed by atoms with E-state index in [0.29, 0.717) is 0 Å². The summed E-state index contributed by atoms with van der Waals surface area (Å²) < 4.78 is 2.28. The molecule has 0 spiro atoms. The van der Waals surface area contributed by atoms with Crippen molar-refractivity contribution in [2.24, 2.45) is 0 Å². The summed E-state index contributed by atoms with van der Waals surface area (Å²) in [6.07, 6.45) is 10.0. The monoisotopic (exact) mass is 629 g/mol. The number of pyridine rings is 1. The first-order valence-electron chi connectivity index (χ1n) is 11.3. The number of aliphatic hydroxyl groups is 1. The molecule has 0 atom stereocenters. The van der Waals surface area contributed by atoms with Gasteiger partial charge in [0.2, 0.25) is 0 Å². The number of para-hydroxylation sites is 1. The molecule has 175 valence electrons. The maximum Gasteiger partial charge on any atom is 0.155 e. The molecule has 0 aliphatic heterocycles. The van der Waals surface area contributed by atoms with Gasteiger partial charge in [0.05, 0.1) is 11.4 Å². The van der Waals surface area contributed by atoms with Crippen molar-refractivity contribution in [2.45, 2.75) is 39.5 Å². The molecule has 0 amide bonds. The topological polar surface area (TPSA) is 69.2 Å². The molecular weight excluding hydrogens is 603 g/mol. The van der Waals surface area contributed by atoms with Gasteiger partial charge >= 0.3 is 0 Å². The number of allylic oxidation sites excluding steroid dienone is 2. The van der Waals surface area contributed by atoms with Crippen LogP contribution in [0.2, 0.25) is 0 Å². The van der Waals surface area contributed by atoms with E-state index in [2.05, 4.69) is 59.3 Å². The third kappa shape index (κ3) is 4.31. The minimum absolute atomic E-state index is 0. The van der Waals surface area contributed by atoms with Gasteiger partial charge < -0.3 is 14.7 Å². The second-order valence-electron chi connectivity index (χ2n) is 8.59. The molecule has 5 nitrogen and oxygen atoms in total. The summed E-state index contributed by atoms with van der Waals surface area (Å²) in [5.74, 6) is 1.01. The van der Waals surface area contributed by atoms with Gasteiger partial charge in [0.1, 0.15) is 0 Å². The van der Waals surface area contributed by atoms with Crippen LogP contribution < -0.4 is 4.98 Å². The molecule has 1 aliphatic rings. The summed E-state index contributed by atoms with van der Waals surface area (Å²) in [4.78, 5) is 19.7. The second-order valence-corrected chi connectivity index (χ2v) is 8.59. The Morgan fingerprint density at radius 2 is 1.74 bits per heavy atom. The molecule has 6 rings (SSSR count). The SMILES string of the molecule is CC(=O)/C=C(/C)O.[Ir].c1ccc2c(c1)cnc1c2c2ccccc2n1-c1[n-]cc2c1CCCC2. The molecule has 1 aliphatic carbocycles. The quantitative estimate of drug-likeness (QED) is 0.187. The first-order chi connectivity index (χ1) is 16.0. The molecule has 0 unspecified atom stereocenters. The van der Waals surface area contributed by atoms with Gasteiger partial charge in [-0.15, -0.1) is 0 Å². The van der Waals surface area contributed by atoms with Crippen LogP contribution in [0.25, 0.3) is 38.5 Å². The number of benzene rings is 2. The largest absolute Gasteiger partial charge is 0.512 e. The van der Waals surface area contributed by atoms with E-state index < -0.39 is 0 Å². The number of rotatable bonds is 2. The van der Waals surface area contributed by atoms with E-state index in [1.54, 1.807) is 0 Å². The molecular formula is C28H26IrN3O2-. The molecule has 34 heavy (non-hydrogen) atoms. The Balaban J connectivity index is 0.000000303. The van der Waals surface area contributed by atoms with Crippen LogP contribution in [0.15, 0.2) is 72.8 Å². The number of hydrogen-bond acceptors (Lipinski definition) is 3. The summed E-state index contributed by atoms with van der Waals surface area (Å²) >= 11 is 0. The molecule has 0 fully saturated rings. The fraction of sp³-hybridized carbons (Fsp3) is 0.214. The number of fused-ring (bicyclic) bond motifs is 6. The van der Waals surface area contributed by atoms with Crippen molar-refractivity contribution >= 4 is 38.5 Å². The van der Waals surface area contributed by atoms with E-state index in [-0.39, 0.29) is 31.6 Å². The van der Waals surface area contributed by atoms with Crippen LogP contribution in [0.5, 0.6) is 0 Å². The zero-order valence-corrected chi connectivity index (χ0v) is 21.6. The third-order valence-electron chi connectivity index (χ3n) is 6.15. The molecule has 0 saturated carbocycles. The molecule has 0 bridgehead atoms. The van der Waals surface area contributed by atoms with Crippen LogP contribution >= 0.6 is 0 Å². The zero-order valence-electron chi connectivity index (χ0n) is 19.2. The minimum Gasteiger partial charge on any atom is -0.512 e. The van der Waals surface area contributed by atoms with Crippen LogP contribution in [-0.2, 0) is 37.7 Å². The maximum atomic E-state index is 10.0. The molecule has 5 aromatic rings. The van der Waals surface area contributed by atoms with Gasteiger partial charge in [0, 0.05) is 43.2 Å². The van der Waals surface area contributed by atoms with Crippen molar-refractivity contribution in [1.29, 1.82) is 0 Å². The maximum absolute atomic E-state index is 10.0. The van der Waals surface area contributed by atoms with Gasteiger partial charge in [-0.1, -0.05) is 54.7 Å². The fourth-order valence-corrected chi connectivity index (χ4v) is 4.83. The fourth-order valence-electron chi connectivity index (χ4n) is 4.83. The molecule has 1 N–H and O–H groups in total. The van der Waals surface area contributed by atoms with Gasteiger partial charge in [0.25, 0.3) is 0 Å². The van der Waals surface area contributed by atoms with E-state index in [1.165, 1.54) is 71.0 Å². The van der Waals surface area contributed by atoms with E-state index in [4.69, 9.17) is 15.1 Å². The Bertz CT molecular complexity index is 1520. The average Bonchev–Trinajstić information content (AvgIpc) is 3.37. The van der Waals surface area contributed by atoms with Crippen LogP contribution in [-0.4, -0.2) is 20.4 Å². The Hall–Kier alpha value is -3.21. The van der Waals surface area contributed by atoms with Crippen molar-refractivity contribution in [1.82, 2.24) is 14.5 Å². The Morgan fingerprint density at radius 3 is 2.47 bits per heavy atom. The van der Waals surface area contributed by atoms with Gasteiger partial charge in [-0.25, -0.2) is 0 Å². The summed E-state index contributed by atoms with van der Waals surface area (Å²) in [5.41, 5.74) is 5.03. The molecule has 0 saturated heterocycles. The average molecular weight is 629 g/mol. The number of nitrogens with zero attached hydrogens (tertiary/aromatic N) is 3. The Morgan fingerprint density at radius 1 is 1.03 bits per heavy atom. The number of carbonyl (C=O) groups is 1. The molecule has 1 radical (unpaired) electrons. The number of aryl methyl sites for hydroxylation is 1. The third-order valence-corrected chi connectivity index (χ3v) is 6.15. The number of hydrogen-bond donors (Lipinski definition) is 1. The van der Waals surface area contributed by atoms with E-state index in [1.807, 2.05) is 6.20 Å². The van der Waals surface area contributed by atoms with Crippen LogP contribution in [0.4, 0.5) is 0 Å². The Kier molecular flexibility index (Phi) is 7.01. The second kappa shape index (κ2) is 9.96. The van der Waals surface area contributed by atoms with E-state index >= 15 is 0 Å². The summed E-state index contributed by atoms with van der Waals surface area (Å²) in [7, 11) is 0. The van der Waals surface area contributed by atoms with Gasteiger partial charge in [-0.3, -0.25) is 9.78 Å². The van der Waals surface area contributed by atoms with Crippen molar-refractivity contribution in [3.63, 3.8) is 0 Å². The van der Waals surface area contributed by atoms with Crippen LogP contribution in [0.1, 0.15) is 37.8 Å². The van der Waals surface area contributed by atoms with E-state index in [0.717, 1.165) is 24.3 Å². The minimum atomic E-state index is -0.125. The van der Waals surface area contributed by atoms with Crippen LogP contribution in [0.3, 0.4) is 0 Å². The Labute approximate surface area is 211 Å². The van der Waals surface area contributed by atoms with Crippen molar-refractivity contribution < 1.29 is 30.0 Å². The zero-order chi connectivity index (χ0) is 22.9. The molecule has 2 aromatic carbocycles.